The summed E-state index contributed by atoms with van der Waals surface area (Å²) in [4.78, 5) is 10.7. The van der Waals surface area contributed by atoms with Crippen molar-refractivity contribution in [2.45, 2.75) is 38.5 Å². The summed E-state index contributed by atoms with van der Waals surface area (Å²) in [6.45, 7) is 2.22. The van der Waals surface area contributed by atoms with Gasteiger partial charge in [0.05, 0.1) is 11.4 Å². The number of hydrogen-bond donors (Lipinski definition) is 0. The topological polar surface area (TPSA) is 25.8 Å². The van der Waals surface area contributed by atoms with Crippen LogP contribution in [0.3, 0.4) is 0 Å². The van der Waals surface area contributed by atoms with Gasteiger partial charge < -0.3 is 0 Å². The molecule has 0 saturated heterocycles. The molecule has 2 aliphatic carbocycles. The van der Waals surface area contributed by atoms with Gasteiger partial charge in [-0.1, -0.05) is 177 Å². The summed E-state index contributed by atoms with van der Waals surface area (Å²) in [6.07, 6.45) is 18.1. The van der Waals surface area contributed by atoms with E-state index >= 15 is 0 Å². The lowest BCUT2D eigenvalue weighted by Gasteiger charge is -2.20. The number of hydrogen-bond acceptors (Lipinski definition) is 3. The minimum absolute atomic E-state index is 0.346. The van der Waals surface area contributed by atoms with E-state index in [-0.39, 0.29) is 0 Å². The second kappa shape index (κ2) is 15.3. The summed E-state index contributed by atoms with van der Waals surface area (Å²) in [5.41, 5.74) is 15.1. The summed E-state index contributed by atoms with van der Waals surface area (Å²) < 4.78 is 2.64. The minimum Gasteiger partial charge on any atom is -0.228 e. The fraction of sp³-hybridized carbons (Fsp3) is 0.111. The number of nitrogens with zero attached hydrogens (tertiary/aromatic N) is 2. The Morgan fingerprint density at radius 3 is 1.84 bits per heavy atom. The molecule has 0 radical (unpaired) electrons. The molecule has 2 aromatic heterocycles. The largest absolute Gasteiger partial charge is 0.228 e. The third-order valence-electron chi connectivity index (χ3n) is 11.5. The zero-order chi connectivity index (χ0) is 38.1. The highest BCUT2D eigenvalue weighted by Crippen LogP contribution is 2.39. The summed E-state index contributed by atoms with van der Waals surface area (Å²) in [5.74, 6) is 1.08. The summed E-state index contributed by atoms with van der Waals surface area (Å²) in [5, 5.41) is 2.64. The summed E-state index contributed by atoms with van der Waals surface area (Å²) in [6, 6.07) is 52.8. The van der Waals surface area contributed by atoms with Crippen molar-refractivity contribution in [3.8, 4) is 56.2 Å². The maximum Gasteiger partial charge on any atom is 0.160 e. The van der Waals surface area contributed by atoms with E-state index in [4.69, 9.17) is 9.97 Å². The molecule has 1 unspecified atom stereocenters. The van der Waals surface area contributed by atoms with Crippen molar-refractivity contribution in [3.05, 3.63) is 204 Å². The van der Waals surface area contributed by atoms with Crippen LogP contribution in [0.5, 0.6) is 0 Å². The van der Waals surface area contributed by atoms with Gasteiger partial charge in [-0.2, -0.15) is 0 Å². The first-order valence-electron chi connectivity index (χ1n) is 20.1. The molecule has 2 aliphatic rings. The standard InChI is InChI=1S/C54H42N2S/c1-2-47-52(41-26-20-38(21-27-41)36-12-5-3-6-13-36)55-54(43-30-24-40(25-31-43)46-32-33-49-48-18-9-10-19-50(48)57-51(49)35-46)56-53(47)42-28-22-39(23-29-42)45-17-11-16-44(34-45)37-14-7-4-8-15-37/h3,5-7,9-16,18-35,45H,2,4,8,17H2,1H3. The van der Waals surface area contributed by atoms with E-state index in [2.05, 4.69) is 189 Å². The van der Waals surface area contributed by atoms with E-state index < -0.39 is 0 Å². The first-order chi connectivity index (χ1) is 28.2. The first-order valence-corrected chi connectivity index (χ1v) is 20.9. The molecular formula is C54H42N2S. The van der Waals surface area contributed by atoms with Crippen LogP contribution in [0.4, 0.5) is 0 Å². The van der Waals surface area contributed by atoms with Crippen LogP contribution in [0.1, 0.15) is 43.2 Å². The minimum atomic E-state index is 0.346. The van der Waals surface area contributed by atoms with Crippen LogP contribution in [0.25, 0.3) is 76.3 Å². The molecule has 2 heterocycles. The van der Waals surface area contributed by atoms with Gasteiger partial charge in [-0.05, 0) is 76.8 Å². The van der Waals surface area contributed by atoms with Crippen molar-refractivity contribution in [1.82, 2.24) is 9.97 Å². The predicted octanol–water partition coefficient (Wildman–Crippen LogP) is 15.0. The summed E-state index contributed by atoms with van der Waals surface area (Å²) >= 11 is 1.86. The predicted molar refractivity (Wildman–Crippen MR) is 243 cm³/mol. The molecule has 274 valence electrons. The quantitative estimate of drug-likeness (QED) is 0.155. The Bertz CT molecular complexity index is 2870. The number of rotatable bonds is 8. The highest BCUT2D eigenvalue weighted by Gasteiger charge is 2.20. The third kappa shape index (κ3) is 6.90. The van der Waals surface area contributed by atoms with Crippen LogP contribution < -0.4 is 0 Å². The number of benzene rings is 6. The Morgan fingerprint density at radius 1 is 0.526 bits per heavy atom. The van der Waals surface area contributed by atoms with Crippen LogP contribution in [0.2, 0.25) is 0 Å². The lowest BCUT2D eigenvalue weighted by Crippen LogP contribution is -2.04. The number of allylic oxidation sites excluding steroid dienone is 8. The smallest absolute Gasteiger partial charge is 0.160 e. The van der Waals surface area contributed by atoms with Crippen LogP contribution in [-0.2, 0) is 6.42 Å². The Kier molecular flexibility index (Phi) is 9.37. The van der Waals surface area contributed by atoms with E-state index in [0.29, 0.717) is 5.92 Å². The van der Waals surface area contributed by atoms with Gasteiger partial charge in [0.25, 0.3) is 0 Å². The van der Waals surface area contributed by atoms with Crippen molar-refractivity contribution in [2.24, 2.45) is 0 Å². The third-order valence-corrected chi connectivity index (χ3v) is 12.6. The maximum atomic E-state index is 5.37. The maximum absolute atomic E-state index is 5.37. The van der Waals surface area contributed by atoms with Gasteiger partial charge in [0.2, 0.25) is 0 Å². The molecule has 0 bridgehead atoms. The molecule has 3 heteroatoms. The van der Waals surface area contributed by atoms with Crippen LogP contribution in [0.15, 0.2) is 193 Å². The van der Waals surface area contributed by atoms with E-state index in [9.17, 15) is 0 Å². The average Bonchev–Trinajstić information content (AvgIpc) is 3.67. The van der Waals surface area contributed by atoms with Gasteiger partial charge in [0.1, 0.15) is 0 Å². The molecule has 0 amide bonds. The normalized spacial score (nSPS) is 15.2. The molecule has 2 nitrogen and oxygen atoms in total. The van der Waals surface area contributed by atoms with Crippen LogP contribution >= 0.6 is 11.3 Å². The van der Waals surface area contributed by atoms with Gasteiger partial charge in [-0.25, -0.2) is 9.97 Å². The molecule has 8 aromatic rings. The van der Waals surface area contributed by atoms with Crippen LogP contribution in [0, 0.1) is 0 Å². The molecule has 0 aliphatic heterocycles. The molecule has 0 fully saturated rings. The molecule has 6 aromatic carbocycles. The molecular weight excluding hydrogens is 709 g/mol. The van der Waals surface area contributed by atoms with Crippen molar-refractivity contribution in [1.29, 1.82) is 0 Å². The average molecular weight is 751 g/mol. The summed E-state index contributed by atoms with van der Waals surface area (Å²) in [7, 11) is 0. The number of fused-ring (bicyclic) bond motifs is 3. The van der Waals surface area contributed by atoms with Gasteiger partial charge in [-0.15, -0.1) is 11.3 Å². The zero-order valence-electron chi connectivity index (χ0n) is 32.0. The Morgan fingerprint density at radius 2 is 1.12 bits per heavy atom. The van der Waals surface area contributed by atoms with Crippen molar-refractivity contribution < 1.29 is 0 Å². The Hall–Kier alpha value is -6.42. The van der Waals surface area contributed by atoms with E-state index in [1.807, 2.05) is 11.3 Å². The fourth-order valence-electron chi connectivity index (χ4n) is 8.42. The molecule has 0 spiro atoms. The lowest BCUT2D eigenvalue weighted by atomic mass is 9.85. The molecule has 0 N–H and O–H groups in total. The van der Waals surface area contributed by atoms with E-state index in [1.165, 1.54) is 59.1 Å². The van der Waals surface area contributed by atoms with Gasteiger partial charge in [0.15, 0.2) is 5.82 Å². The molecule has 10 rings (SSSR count). The zero-order valence-corrected chi connectivity index (χ0v) is 32.8. The number of thiophene rings is 1. The Balaban J connectivity index is 1.03. The highest BCUT2D eigenvalue weighted by atomic mass is 32.1. The van der Waals surface area contributed by atoms with Gasteiger partial charge >= 0.3 is 0 Å². The van der Waals surface area contributed by atoms with E-state index in [0.717, 1.165) is 65.1 Å². The first kappa shape index (κ1) is 35.0. The monoisotopic (exact) mass is 750 g/mol. The Labute approximate surface area is 338 Å². The molecule has 1 atom stereocenters. The fourth-order valence-corrected chi connectivity index (χ4v) is 9.56. The highest BCUT2D eigenvalue weighted by molar-refractivity contribution is 7.25. The second-order valence-electron chi connectivity index (χ2n) is 15.0. The molecule has 0 saturated carbocycles. The lowest BCUT2D eigenvalue weighted by molar-refractivity contribution is 0.845. The van der Waals surface area contributed by atoms with Crippen molar-refractivity contribution >= 4 is 31.5 Å². The van der Waals surface area contributed by atoms with E-state index in [1.54, 1.807) is 0 Å². The van der Waals surface area contributed by atoms with Gasteiger partial charge in [0, 0.05) is 48.3 Å². The number of aromatic nitrogens is 2. The molecule has 57 heavy (non-hydrogen) atoms. The van der Waals surface area contributed by atoms with Crippen LogP contribution in [-0.4, -0.2) is 9.97 Å². The van der Waals surface area contributed by atoms with Crippen molar-refractivity contribution in [3.63, 3.8) is 0 Å². The van der Waals surface area contributed by atoms with Gasteiger partial charge in [-0.3, -0.25) is 0 Å². The SMILES string of the molecule is CCc1c(-c2ccc(-c3ccccc3)cc2)nc(-c2ccc(-c3ccc4c(c3)sc3ccccc34)cc2)nc1-c1ccc(C2C=C(C3=CCCC=C3)C=CC2)cc1. The second-order valence-corrected chi connectivity index (χ2v) is 16.1. The van der Waals surface area contributed by atoms with Crippen molar-refractivity contribution in [2.75, 3.05) is 0 Å².